The summed E-state index contributed by atoms with van der Waals surface area (Å²) >= 11 is 0. The molecule has 0 spiro atoms. The molecule has 1 saturated carbocycles. The number of ether oxygens (including phenoxy) is 1. The van der Waals surface area contributed by atoms with Crippen molar-refractivity contribution in [1.82, 2.24) is 10.4 Å². The van der Waals surface area contributed by atoms with Gasteiger partial charge in [0.05, 0.1) is 12.0 Å². The molecule has 0 aromatic heterocycles. The molecule has 29 heavy (non-hydrogen) atoms. The second-order valence-electron chi connectivity index (χ2n) is 8.32. The molecule has 5 nitrogen and oxygen atoms in total. The molecule has 2 fully saturated rings. The van der Waals surface area contributed by atoms with Crippen LogP contribution in [-0.2, 0) is 14.4 Å². The Bertz CT molecular complexity index is 827. The number of nitrogens with one attached hydrogen (secondary N) is 1. The van der Waals surface area contributed by atoms with E-state index in [0.29, 0.717) is 0 Å². The fourth-order valence-corrected chi connectivity index (χ4v) is 5.17. The van der Waals surface area contributed by atoms with Gasteiger partial charge in [0, 0.05) is 39.5 Å². The smallest absolute Gasteiger partial charge is 0.231 e. The fraction of sp³-hybridized carbons (Fsp3) is 0.458. The van der Waals surface area contributed by atoms with E-state index >= 15 is 0 Å². The van der Waals surface area contributed by atoms with Crippen molar-refractivity contribution >= 4 is 5.91 Å². The largest absolute Gasteiger partial charge is 0.351 e. The number of hydrogen-bond acceptors (Lipinski definition) is 4. The lowest BCUT2D eigenvalue weighted by Crippen LogP contribution is -2.60. The van der Waals surface area contributed by atoms with Crippen molar-refractivity contribution in [3.63, 3.8) is 0 Å². The van der Waals surface area contributed by atoms with Gasteiger partial charge in [-0.25, -0.2) is 0 Å². The van der Waals surface area contributed by atoms with Crippen LogP contribution in [0.2, 0.25) is 0 Å². The number of methoxy groups -OCH3 is 1. The van der Waals surface area contributed by atoms with Crippen LogP contribution in [0, 0.1) is 5.92 Å². The number of likely N-dealkylation sites (N-methyl/N-ethyl adjacent to an activating group) is 1. The van der Waals surface area contributed by atoms with E-state index in [9.17, 15) is 4.79 Å². The zero-order valence-corrected chi connectivity index (χ0v) is 17.4. The molecule has 154 valence electrons. The van der Waals surface area contributed by atoms with Crippen LogP contribution >= 0.6 is 0 Å². The summed E-state index contributed by atoms with van der Waals surface area (Å²) < 4.78 is 5.92. The number of hydroxylamine groups is 1. The second kappa shape index (κ2) is 8.27. The maximum atomic E-state index is 13.4. The number of amides is 1. The average Bonchev–Trinajstić information content (AvgIpc) is 3.19. The van der Waals surface area contributed by atoms with Gasteiger partial charge in [-0.3, -0.25) is 9.63 Å². The van der Waals surface area contributed by atoms with Crippen LogP contribution in [0.5, 0.6) is 0 Å². The van der Waals surface area contributed by atoms with Gasteiger partial charge in [0.1, 0.15) is 0 Å². The van der Waals surface area contributed by atoms with Crippen LogP contribution in [0.15, 0.2) is 60.7 Å². The summed E-state index contributed by atoms with van der Waals surface area (Å²) in [4.78, 5) is 21.2. The maximum absolute atomic E-state index is 13.4. The first-order valence-electron chi connectivity index (χ1n) is 10.4. The molecule has 1 saturated heterocycles. The molecule has 0 bridgehead atoms. The molecule has 2 aliphatic rings. The summed E-state index contributed by atoms with van der Waals surface area (Å²) in [5.41, 5.74) is 5.51. The Morgan fingerprint density at radius 2 is 1.79 bits per heavy atom. The highest BCUT2D eigenvalue weighted by molar-refractivity contribution is 5.84. The van der Waals surface area contributed by atoms with Gasteiger partial charge in [-0.2, -0.15) is 5.48 Å². The van der Waals surface area contributed by atoms with E-state index in [1.54, 1.807) is 12.0 Å². The molecular weight excluding hydrogens is 364 g/mol. The SMILES string of the molecule is CO[C@@]12CCC[C@@H]1[C@@H](c1ccccc1)[C@H](C(C(=O)N(C)C)c1ccccc1)NO2. The highest BCUT2D eigenvalue weighted by atomic mass is 16.8. The van der Waals surface area contributed by atoms with E-state index in [1.165, 1.54) is 5.56 Å². The summed E-state index contributed by atoms with van der Waals surface area (Å²) in [6, 6.07) is 20.3. The predicted octanol–water partition coefficient (Wildman–Crippen LogP) is 3.69. The van der Waals surface area contributed by atoms with Gasteiger partial charge in [-0.05, 0) is 24.0 Å². The molecule has 0 radical (unpaired) electrons. The van der Waals surface area contributed by atoms with Crippen LogP contribution in [0.1, 0.15) is 42.2 Å². The van der Waals surface area contributed by atoms with E-state index in [-0.39, 0.29) is 29.7 Å². The molecule has 1 aliphatic carbocycles. The number of carbonyl (C=O) groups is 1. The molecule has 5 heteroatoms. The zero-order chi connectivity index (χ0) is 20.4. The topological polar surface area (TPSA) is 50.8 Å². The Morgan fingerprint density at radius 1 is 1.14 bits per heavy atom. The van der Waals surface area contributed by atoms with Crippen LogP contribution in [-0.4, -0.2) is 43.8 Å². The van der Waals surface area contributed by atoms with Gasteiger partial charge >= 0.3 is 0 Å². The zero-order valence-electron chi connectivity index (χ0n) is 17.4. The number of benzene rings is 2. The van der Waals surface area contributed by atoms with Crippen LogP contribution in [0.25, 0.3) is 0 Å². The Labute approximate surface area is 173 Å². The van der Waals surface area contributed by atoms with Gasteiger partial charge < -0.3 is 9.64 Å². The molecule has 1 unspecified atom stereocenters. The van der Waals surface area contributed by atoms with Crippen molar-refractivity contribution in [2.24, 2.45) is 5.92 Å². The standard InChI is InChI=1S/C24H30N2O3/c1-26(2)23(27)21(18-13-8-5-9-14-18)22-20(17-11-6-4-7-12-17)19-15-10-16-24(19,28-3)29-25-22/h4-9,11-14,19-22,25H,10,15-16H2,1-3H3/t19-,20-,21?,22-,24-/m1/s1. The lowest BCUT2D eigenvalue weighted by molar-refractivity contribution is -0.308. The Morgan fingerprint density at radius 3 is 2.41 bits per heavy atom. The second-order valence-corrected chi connectivity index (χ2v) is 8.32. The van der Waals surface area contributed by atoms with Crippen molar-refractivity contribution in [2.45, 2.75) is 42.9 Å². The Balaban J connectivity index is 1.81. The predicted molar refractivity (Wildman–Crippen MR) is 112 cm³/mol. The van der Waals surface area contributed by atoms with E-state index in [2.05, 4.69) is 29.7 Å². The van der Waals surface area contributed by atoms with E-state index < -0.39 is 5.79 Å². The van der Waals surface area contributed by atoms with Gasteiger partial charge in [-0.1, -0.05) is 60.7 Å². The highest BCUT2D eigenvalue weighted by Gasteiger charge is 2.56. The quantitative estimate of drug-likeness (QED) is 0.840. The fourth-order valence-electron chi connectivity index (χ4n) is 5.17. The lowest BCUT2D eigenvalue weighted by Gasteiger charge is -2.49. The third-order valence-corrected chi connectivity index (χ3v) is 6.55. The molecule has 1 amide bonds. The number of nitrogens with zero attached hydrogens (tertiary/aromatic N) is 1. The van der Waals surface area contributed by atoms with Crippen LogP contribution < -0.4 is 5.48 Å². The van der Waals surface area contributed by atoms with Crippen molar-refractivity contribution in [3.05, 3.63) is 71.8 Å². The summed E-state index contributed by atoms with van der Waals surface area (Å²) in [6.07, 6.45) is 2.92. The van der Waals surface area contributed by atoms with Crippen molar-refractivity contribution in [3.8, 4) is 0 Å². The van der Waals surface area contributed by atoms with E-state index in [4.69, 9.17) is 9.57 Å². The number of hydrogen-bond donors (Lipinski definition) is 1. The van der Waals surface area contributed by atoms with Gasteiger partial charge in [-0.15, -0.1) is 0 Å². The third kappa shape index (κ3) is 3.59. The Kier molecular flexibility index (Phi) is 5.72. The van der Waals surface area contributed by atoms with E-state index in [1.807, 2.05) is 50.5 Å². The van der Waals surface area contributed by atoms with Crippen molar-refractivity contribution in [1.29, 1.82) is 0 Å². The number of fused-ring (bicyclic) bond motifs is 1. The number of carbonyl (C=O) groups excluding carboxylic acids is 1. The van der Waals surface area contributed by atoms with Gasteiger partial charge in [0.2, 0.25) is 5.91 Å². The normalized spacial score (nSPS) is 29.8. The maximum Gasteiger partial charge on any atom is 0.231 e. The molecule has 2 aromatic rings. The summed E-state index contributed by atoms with van der Waals surface area (Å²) in [7, 11) is 5.35. The van der Waals surface area contributed by atoms with Crippen LogP contribution in [0.3, 0.4) is 0 Å². The monoisotopic (exact) mass is 394 g/mol. The molecule has 2 aromatic carbocycles. The van der Waals surface area contributed by atoms with Gasteiger partial charge in [0.25, 0.3) is 0 Å². The minimum absolute atomic E-state index is 0.0705. The minimum Gasteiger partial charge on any atom is -0.351 e. The highest BCUT2D eigenvalue weighted by Crippen LogP contribution is 2.52. The van der Waals surface area contributed by atoms with E-state index in [0.717, 1.165) is 24.8 Å². The molecular formula is C24H30N2O3. The lowest BCUT2D eigenvalue weighted by atomic mass is 9.71. The summed E-state index contributed by atoms with van der Waals surface area (Å²) in [5, 5.41) is 0. The van der Waals surface area contributed by atoms with Crippen LogP contribution in [0.4, 0.5) is 0 Å². The first-order chi connectivity index (χ1) is 14.1. The molecule has 1 N–H and O–H groups in total. The summed E-state index contributed by atoms with van der Waals surface area (Å²) in [6.45, 7) is 0. The number of rotatable bonds is 5. The molecule has 4 rings (SSSR count). The first-order valence-corrected chi connectivity index (χ1v) is 10.4. The third-order valence-electron chi connectivity index (χ3n) is 6.55. The average molecular weight is 395 g/mol. The molecule has 5 atom stereocenters. The summed E-state index contributed by atoms with van der Waals surface area (Å²) in [5.74, 6) is -0.642. The first kappa shape index (κ1) is 20.1. The minimum atomic E-state index is -0.639. The molecule has 1 heterocycles. The Hall–Kier alpha value is -2.21. The van der Waals surface area contributed by atoms with Crippen molar-refractivity contribution < 1.29 is 14.4 Å². The van der Waals surface area contributed by atoms with Crippen molar-refractivity contribution in [2.75, 3.05) is 21.2 Å². The van der Waals surface area contributed by atoms with Gasteiger partial charge in [0.15, 0.2) is 5.79 Å². The molecule has 1 aliphatic heterocycles.